The summed E-state index contributed by atoms with van der Waals surface area (Å²) >= 11 is 5.84. The van der Waals surface area contributed by atoms with E-state index in [-0.39, 0.29) is 30.1 Å². The molecule has 1 fully saturated rings. The van der Waals surface area contributed by atoms with Crippen LogP contribution in [0, 0.1) is 5.92 Å². The second-order valence-corrected chi connectivity index (χ2v) is 9.52. The highest BCUT2D eigenvalue weighted by Gasteiger charge is 2.30. The maximum absolute atomic E-state index is 12.9. The maximum Gasteiger partial charge on any atom is 0.410 e. The molecule has 0 aliphatic carbocycles. The van der Waals surface area contributed by atoms with Gasteiger partial charge in [-0.2, -0.15) is 0 Å². The van der Waals surface area contributed by atoms with Crippen LogP contribution >= 0.6 is 11.6 Å². The zero-order valence-corrected chi connectivity index (χ0v) is 20.2. The first-order valence-electron chi connectivity index (χ1n) is 11.0. The first-order valence-corrected chi connectivity index (χ1v) is 11.4. The van der Waals surface area contributed by atoms with Gasteiger partial charge in [0, 0.05) is 25.2 Å². The van der Waals surface area contributed by atoms with Gasteiger partial charge in [0.15, 0.2) is 0 Å². The Morgan fingerprint density at radius 3 is 2.44 bits per heavy atom. The van der Waals surface area contributed by atoms with E-state index < -0.39 is 11.5 Å². The molecule has 0 atom stereocenters. The first kappa shape index (κ1) is 25.5. The van der Waals surface area contributed by atoms with Crippen molar-refractivity contribution in [1.82, 2.24) is 9.88 Å². The molecule has 0 spiro atoms. The number of carbonyl (C=O) groups excluding carboxylic acids is 3. The van der Waals surface area contributed by atoms with Gasteiger partial charge in [0.25, 0.3) is 5.91 Å². The number of pyridine rings is 1. The Hall–Kier alpha value is -3.17. The van der Waals surface area contributed by atoms with Gasteiger partial charge in [-0.1, -0.05) is 17.7 Å². The fraction of sp³-hybridized carbons (Fsp3) is 0.417. The molecule has 0 saturated carbocycles. The van der Waals surface area contributed by atoms with Crippen LogP contribution in [0.1, 0.15) is 49.5 Å². The lowest BCUT2D eigenvalue weighted by Crippen LogP contribution is -2.43. The third-order valence-corrected chi connectivity index (χ3v) is 5.48. The zero-order chi connectivity index (χ0) is 24.9. The number of hydrogen-bond acceptors (Lipinski definition) is 6. The predicted octanol–water partition coefficient (Wildman–Crippen LogP) is 4.07. The normalized spacial score (nSPS) is 14.4. The summed E-state index contributed by atoms with van der Waals surface area (Å²) in [5, 5.41) is 15.4. The minimum Gasteiger partial charge on any atom is -0.444 e. The molecule has 1 aromatic heterocycles. The molecule has 3 N–H and O–H groups in total. The molecule has 1 saturated heterocycles. The van der Waals surface area contributed by atoms with Crippen molar-refractivity contribution >= 4 is 41.0 Å². The van der Waals surface area contributed by atoms with Gasteiger partial charge >= 0.3 is 6.09 Å². The molecule has 0 bridgehead atoms. The van der Waals surface area contributed by atoms with Crippen molar-refractivity contribution in [3.05, 3.63) is 52.7 Å². The van der Waals surface area contributed by atoms with Gasteiger partial charge in [0.1, 0.15) is 11.4 Å². The number of rotatable bonds is 5. The van der Waals surface area contributed by atoms with E-state index in [0.29, 0.717) is 48.0 Å². The van der Waals surface area contributed by atoms with Crippen LogP contribution in [0.5, 0.6) is 0 Å². The number of amides is 3. The molecule has 34 heavy (non-hydrogen) atoms. The minimum absolute atomic E-state index is 0.197. The minimum atomic E-state index is -0.579. The van der Waals surface area contributed by atoms with E-state index in [1.54, 1.807) is 29.2 Å². The number of nitrogens with one attached hydrogen (secondary N) is 2. The second-order valence-electron chi connectivity index (χ2n) is 9.08. The molecule has 0 radical (unpaired) electrons. The fourth-order valence-electron chi connectivity index (χ4n) is 3.51. The molecule has 10 heteroatoms. The topological polar surface area (TPSA) is 121 Å². The highest BCUT2D eigenvalue weighted by atomic mass is 35.5. The number of likely N-dealkylation sites (tertiary alicyclic amines) is 1. The van der Waals surface area contributed by atoms with Crippen molar-refractivity contribution in [2.45, 2.75) is 45.8 Å². The Balaban J connectivity index is 1.67. The summed E-state index contributed by atoms with van der Waals surface area (Å²) in [7, 11) is 0. The fourth-order valence-corrected chi connectivity index (χ4v) is 3.62. The number of carbonyl (C=O) groups is 3. The number of piperidine rings is 1. The van der Waals surface area contributed by atoms with E-state index in [2.05, 4.69) is 15.6 Å². The summed E-state index contributed by atoms with van der Waals surface area (Å²) in [6.45, 7) is 5.99. The number of benzene rings is 1. The molecular weight excluding hydrogens is 460 g/mol. The second kappa shape index (κ2) is 10.8. The van der Waals surface area contributed by atoms with Gasteiger partial charge in [0.2, 0.25) is 5.91 Å². The van der Waals surface area contributed by atoms with Crippen LogP contribution in [0.3, 0.4) is 0 Å². The van der Waals surface area contributed by atoms with Gasteiger partial charge < -0.3 is 25.4 Å². The number of aromatic nitrogens is 1. The molecule has 0 unspecified atom stereocenters. The summed E-state index contributed by atoms with van der Waals surface area (Å²) in [6.07, 6.45) is 1.99. The smallest absolute Gasteiger partial charge is 0.410 e. The highest BCUT2D eigenvalue weighted by molar-refractivity contribution is 6.30. The van der Waals surface area contributed by atoms with Crippen LogP contribution in [0.15, 0.2) is 36.5 Å². The molecule has 3 rings (SSSR count). The molecule has 3 amide bonds. The van der Waals surface area contributed by atoms with E-state index in [9.17, 15) is 19.5 Å². The highest BCUT2D eigenvalue weighted by Crippen LogP contribution is 2.24. The van der Waals surface area contributed by atoms with Crippen LogP contribution < -0.4 is 10.6 Å². The molecular formula is C24H29ClN4O5. The van der Waals surface area contributed by atoms with E-state index in [4.69, 9.17) is 16.3 Å². The molecule has 1 aliphatic heterocycles. The van der Waals surface area contributed by atoms with E-state index >= 15 is 0 Å². The number of halogens is 1. The van der Waals surface area contributed by atoms with Crippen molar-refractivity contribution in [3.8, 4) is 0 Å². The number of nitrogens with zero attached hydrogens (tertiary/aromatic N) is 2. The van der Waals surface area contributed by atoms with Crippen molar-refractivity contribution in [2.24, 2.45) is 5.92 Å². The SMILES string of the molecule is CC(C)(C)OC(=O)N1CCC(C(=O)Nc2ccc(CO)cc2C(=O)Nc2ccc(Cl)cn2)CC1. The average Bonchev–Trinajstić information content (AvgIpc) is 2.79. The number of ether oxygens (including phenoxy) is 1. The van der Waals surface area contributed by atoms with Gasteiger partial charge in [0.05, 0.1) is 22.9 Å². The maximum atomic E-state index is 12.9. The number of anilines is 2. The van der Waals surface area contributed by atoms with Crippen LogP contribution in [0.4, 0.5) is 16.3 Å². The Morgan fingerprint density at radius 1 is 1.15 bits per heavy atom. The van der Waals surface area contributed by atoms with Crippen molar-refractivity contribution in [1.29, 1.82) is 0 Å². The van der Waals surface area contributed by atoms with E-state index in [1.165, 1.54) is 12.3 Å². The zero-order valence-electron chi connectivity index (χ0n) is 19.4. The standard InChI is InChI=1S/C24H29ClN4O5/c1-24(2,3)34-23(33)29-10-8-16(9-11-29)21(31)27-19-6-4-15(14-30)12-18(19)22(32)28-20-7-5-17(25)13-26-20/h4-7,12-13,16,30H,8-11,14H2,1-3H3,(H,27,31)(H,26,28,32). The van der Waals surface area contributed by atoms with Crippen molar-refractivity contribution < 1.29 is 24.2 Å². The summed E-state index contributed by atoms with van der Waals surface area (Å²) in [5.41, 5.74) is 0.467. The third-order valence-electron chi connectivity index (χ3n) is 5.26. The van der Waals surface area contributed by atoms with Crippen LogP contribution in [0.2, 0.25) is 5.02 Å². The number of aliphatic hydroxyl groups is 1. The number of hydrogen-bond donors (Lipinski definition) is 3. The van der Waals surface area contributed by atoms with E-state index in [1.807, 2.05) is 20.8 Å². The summed E-state index contributed by atoms with van der Waals surface area (Å²) in [4.78, 5) is 43.8. The summed E-state index contributed by atoms with van der Waals surface area (Å²) in [6, 6.07) is 7.90. The van der Waals surface area contributed by atoms with Crippen LogP contribution in [-0.2, 0) is 16.1 Å². The summed E-state index contributed by atoms with van der Waals surface area (Å²) in [5.74, 6) is -0.736. The Morgan fingerprint density at radius 2 is 1.85 bits per heavy atom. The predicted molar refractivity (Wildman–Crippen MR) is 129 cm³/mol. The lowest BCUT2D eigenvalue weighted by Gasteiger charge is -2.33. The monoisotopic (exact) mass is 488 g/mol. The van der Waals surface area contributed by atoms with Gasteiger partial charge in [-0.3, -0.25) is 9.59 Å². The van der Waals surface area contributed by atoms with E-state index in [0.717, 1.165) is 0 Å². The average molecular weight is 489 g/mol. The largest absolute Gasteiger partial charge is 0.444 e. The van der Waals surface area contributed by atoms with Crippen molar-refractivity contribution in [3.63, 3.8) is 0 Å². The van der Waals surface area contributed by atoms with Crippen LogP contribution in [0.25, 0.3) is 0 Å². The van der Waals surface area contributed by atoms with Gasteiger partial charge in [-0.15, -0.1) is 0 Å². The molecule has 2 heterocycles. The molecule has 182 valence electrons. The molecule has 1 aromatic carbocycles. The molecule has 9 nitrogen and oxygen atoms in total. The Bertz CT molecular complexity index is 1040. The summed E-state index contributed by atoms with van der Waals surface area (Å²) < 4.78 is 5.40. The van der Waals surface area contributed by atoms with Gasteiger partial charge in [-0.25, -0.2) is 9.78 Å². The lowest BCUT2D eigenvalue weighted by atomic mass is 9.95. The van der Waals surface area contributed by atoms with Gasteiger partial charge in [-0.05, 0) is 63.4 Å². The molecule has 1 aliphatic rings. The Labute approximate surface area is 203 Å². The van der Waals surface area contributed by atoms with Crippen molar-refractivity contribution in [2.75, 3.05) is 23.7 Å². The molecule has 2 aromatic rings. The Kier molecular flexibility index (Phi) is 8.11. The van der Waals surface area contributed by atoms with Crippen LogP contribution in [-0.4, -0.2) is 51.6 Å². The quantitative estimate of drug-likeness (QED) is 0.583. The third kappa shape index (κ3) is 6.91. The number of aliphatic hydroxyl groups excluding tert-OH is 1. The first-order chi connectivity index (χ1) is 16.1. The lowest BCUT2D eigenvalue weighted by molar-refractivity contribution is -0.121.